The SMILES string of the molecule is CC1=C(C(=O)OC(c2ccccc2)[N+](=O)[O-])N2C(=O)C(NC(=O)COc3ccccc3)[C@H]2SC1. The van der Waals surface area contributed by atoms with Gasteiger partial charge in [0.25, 0.3) is 11.8 Å². The van der Waals surface area contributed by atoms with Crippen molar-refractivity contribution in [2.75, 3.05) is 12.4 Å². The molecule has 2 heterocycles. The first-order chi connectivity index (χ1) is 16.4. The van der Waals surface area contributed by atoms with Gasteiger partial charge in [0.1, 0.15) is 22.9 Å². The molecule has 2 aliphatic heterocycles. The molecule has 1 saturated heterocycles. The standard InChI is InChI=1S/C23H21N3O7S/c1-14-13-34-22-18(24-17(27)12-32-16-10-6-3-7-11-16)20(28)25(22)19(14)23(29)33-21(26(30)31)15-8-4-2-5-9-15/h2-11,18,21-22H,12-13H2,1H3,(H,24,27)/t18?,21?,22-/m1/s1. The Morgan fingerprint density at radius 2 is 1.82 bits per heavy atom. The summed E-state index contributed by atoms with van der Waals surface area (Å²) in [5.74, 6) is -1.00. The lowest BCUT2D eigenvalue weighted by molar-refractivity contribution is -0.575. The lowest BCUT2D eigenvalue weighted by Crippen LogP contribution is -2.70. The molecule has 0 aliphatic carbocycles. The highest BCUT2D eigenvalue weighted by atomic mass is 32.2. The molecule has 2 amide bonds. The Hall–Kier alpha value is -3.86. The van der Waals surface area contributed by atoms with Gasteiger partial charge in [-0.05, 0) is 36.8 Å². The Bertz CT molecular complexity index is 1140. The zero-order valence-electron chi connectivity index (χ0n) is 18.1. The number of amides is 2. The smallest absolute Gasteiger partial charge is 0.383 e. The molecule has 2 unspecified atom stereocenters. The molecule has 0 saturated carbocycles. The van der Waals surface area contributed by atoms with E-state index in [0.29, 0.717) is 17.1 Å². The molecule has 0 bridgehead atoms. The molecule has 2 aliphatic rings. The Balaban J connectivity index is 1.41. The van der Waals surface area contributed by atoms with Crippen LogP contribution in [-0.2, 0) is 19.1 Å². The number of β-lactam (4-membered cyclic amide) rings is 1. The average molecular weight is 484 g/mol. The van der Waals surface area contributed by atoms with E-state index in [0.717, 1.165) is 0 Å². The number of rotatable bonds is 8. The van der Waals surface area contributed by atoms with Crippen LogP contribution in [0.1, 0.15) is 18.7 Å². The van der Waals surface area contributed by atoms with E-state index in [1.807, 2.05) is 6.07 Å². The van der Waals surface area contributed by atoms with E-state index in [-0.39, 0.29) is 17.9 Å². The summed E-state index contributed by atoms with van der Waals surface area (Å²) in [4.78, 5) is 50.1. The van der Waals surface area contributed by atoms with Crippen molar-refractivity contribution in [3.8, 4) is 5.75 Å². The van der Waals surface area contributed by atoms with Gasteiger partial charge in [0.15, 0.2) is 6.61 Å². The Morgan fingerprint density at radius 3 is 2.47 bits per heavy atom. The molecule has 2 aromatic carbocycles. The Kier molecular flexibility index (Phi) is 6.82. The van der Waals surface area contributed by atoms with Crippen molar-refractivity contribution in [2.45, 2.75) is 24.6 Å². The summed E-state index contributed by atoms with van der Waals surface area (Å²) in [7, 11) is 0. The van der Waals surface area contributed by atoms with E-state index in [2.05, 4.69) is 5.32 Å². The molecular weight excluding hydrogens is 462 g/mol. The zero-order chi connectivity index (χ0) is 24.2. The van der Waals surface area contributed by atoms with Gasteiger partial charge in [0, 0.05) is 5.75 Å². The number of para-hydroxylation sites is 1. The van der Waals surface area contributed by atoms with Crippen molar-refractivity contribution in [1.29, 1.82) is 0 Å². The number of nitro groups is 1. The summed E-state index contributed by atoms with van der Waals surface area (Å²) in [6, 6.07) is 15.8. The molecule has 10 nitrogen and oxygen atoms in total. The first-order valence-corrected chi connectivity index (χ1v) is 11.4. The van der Waals surface area contributed by atoms with Gasteiger partial charge in [-0.3, -0.25) is 24.6 Å². The number of esters is 1. The van der Waals surface area contributed by atoms with Gasteiger partial charge in [0.2, 0.25) is 0 Å². The van der Waals surface area contributed by atoms with E-state index in [9.17, 15) is 24.5 Å². The molecule has 0 aromatic heterocycles. The molecule has 1 N–H and O–H groups in total. The fourth-order valence-corrected chi connectivity index (χ4v) is 4.94. The second kappa shape index (κ2) is 9.96. The van der Waals surface area contributed by atoms with Crippen LogP contribution in [0.2, 0.25) is 0 Å². The number of benzene rings is 2. The maximum atomic E-state index is 12.9. The third-order valence-electron chi connectivity index (χ3n) is 5.28. The number of thioether (sulfide) groups is 1. The number of ether oxygens (including phenoxy) is 2. The molecule has 176 valence electrons. The normalized spacial score (nSPS) is 20.0. The summed E-state index contributed by atoms with van der Waals surface area (Å²) in [5, 5.41) is 13.6. The second-order valence-electron chi connectivity index (χ2n) is 7.64. The van der Waals surface area contributed by atoms with Crippen LogP contribution in [-0.4, -0.2) is 51.4 Å². The lowest BCUT2D eigenvalue weighted by Gasteiger charge is -2.49. The first kappa shape index (κ1) is 23.3. The van der Waals surface area contributed by atoms with Crippen molar-refractivity contribution in [2.24, 2.45) is 0 Å². The minimum Gasteiger partial charge on any atom is -0.484 e. The van der Waals surface area contributed by atoms with Crippen LogP contribution >= 0.6 is 11.8 Å². The number of hydrogen-bond acceptors (Lipinski definition) is 8. The van der Waals surface area contributed by atoms with Crippen molar-refractivity contribution >= 4 is 29.5 Å². The van der Waals surface area contributed by atoms with Gasteiger partial charge in [-0.2, -0.15) is 0 Å². The van der Waals surface area contributed by atoms with Crippen LogP contribution in [0.15, 0.2) is 71.9 Å². The van der Waals surface area contributed by atoms with Crippen molar-refractivity contribution in [3.63, 3.8) is 0 Å². The molecule has 0 radical (unpaired) electrons. The van der Waals surface area contributed by atoms with Crippen molar-refractivity contribution in [1.82, 2.24) is 10.2 Å². The molecule has 1 fully saturated rings. The van der Waals surface area contributed by atoms with Gasteiger partial charge >= 0.3 is 12.2 Å². The summed E-state index contributed by atoms with van der Waals surface area (Å²) in [6.45, 7) is 1.40. The van der Waals surface area contributed by atoms with Crippen molar-refractivity contribution in [3.05, 3.63) is 87.6 Å². The topological polar surface area (TPSA) is 128 Å². The predicted molar refractivity (Wildman–Crippen MR) is 122 cm³/mol. The Morgan fingerprint density at radius 1 is 1.18 bits per heavy atom. The van der Waals surface area contributed by atoms with Crippen molar-refractivity contribution < 1.29 is 28.8 Å². The van der Waals surface area contributed by atoms with E-state index in [1.54, 1.807) is 49.4 Å². The summed E-state index contributed by atoms with van der Waals surface area (Å²) < 4.78 is 10.6. The molecule has 34 heavy (non-hydrogen) atoms. The van der Waals surface area contributed by atoms with Crippen LogP contribution < -0.4 is 10.1 Å². The van der Waals surface area contributed by atoms with Crippen LogP contribution in [0.5, 0.6) is 5.75 Å². The zero-order valence-corrected chi connectivity index (χ0v) is 18.9. The monoisotopic (exact) mass is 483 g/mol. The number of carbonyl (C=O) groups excluding carboxylic acids is 3. The van der Waals surface area contributed by atoms with E-state index in [1.165, 1.54) is 28.8 Å². The van der Waals surface area contributed by atoms with Crippen LogP contribution in [0.3, 0.4) is 0 Å². The maximum absolute atomic E-state index is 12.9. The number of nitrogens with zero attached hydrogens (tertiary/aromatic N) is 2. The fourth-order valence-electron chi connectivity index (χ4n) is 3.65. The van der Waals surface area contributed by atoms with Gasteiger partial charge in [-0.25, -0.2) is 4.79 Å². The number of nitrogens with one attached hydrogen (secondary N) is 1. The second-order valence-corrected chi connectivity index (χ2v) is 8.74. The number of fused-ring (bicyclic) bond motifs is 1. The average Bonchev–Trinajstić information content (AvgIpc) is 2.85. The highest BCUT2D eigenvalue weighted by Gasteiger charge is 2.54. The third kappa shape index (κ3) is 4.74. The van der Waals surface area contributed by atoms with Gasteiger partial charge in [0.05, 0.1) is 10.5 Å². The molecule has 4 rings (SSSR count). The quantitative estimate of drug-likeness (QED) is 0.199. The highest BCUT2D eigenvalue weighted by molar-refractivity contribution is 8.00. The summed E-state index contributed by atoms with van der Waals surface area (Å²) in [6.07, 6.45) is -1.70. The third-order valence-corrected chi connectivity index (χ3v) is 6.70. The molecule has 3 atom stereocenters. The largest absolute Gasteiger partial charge is 0.484 e. The summed E-state index contributed by atoms with van der Waals surface area (Å²) >= 11 is 1.38. The van der Waals surface area contributed by atoms with Gasteiger partial charge in [-0.1, -0.05) is 36.4 Å². The fraction of sp³-hybridized carbons (Fsp3) is 0.261. The predicted octanol–water partition coefficient (Wildman–Crippen LogP) is 2.26. The van der Waals surface area contributed by atoms with Gasteiger partial charge < -0.3 is 14.8 Å². The number of carbonyl (C=O) groups is 3. The van der Waals surface area contributed by atoms with Crippen LogP contribution in [0.25, 0.3) is 0 Å². The Labute approximate surface area is 199 Å². The van der Waals surface area contributed by atoms with Crippen LogP contribution in [0.4, 0.5) is 0 Å². The summed E-state index contributed by atoms with van der Waals surface area (Å²) in [5.41, 5.74) is 0.744. The minimum atomic E-state index is -1.70. The maximum Gasteiger partial charge on any atom is 0.383 e. The minimum absolute atomic E-state index is 0.0254. The molecule has 0 spiro atoms. The van der Waals surface area contributed by atoms with E-state index >= 15 is 0 Å². The molecular formula is C23H21N3O7S. The highest BCUT2D eigenvalue weighted by Crippen LogP contribution is 2.41. The molecule has 2 aromatic rings. The number of hydrogen-bond donors (Lipinski definition) is 1. The first-order valence-electron chi connectivity index (χ1n) is 10.4. The van der Waals surface area contributed by atoms with Gasteiger partial charge in [-0.15, -0.1) is 11.8 Å². The van der Waals surface area contributed by atoms with E-state index in [4.69, 9.17) is 9.47 Å². The van der Waals surface area contributed by atoms with E-state index < -0.39 is 40.4 Å². The molecule has 11 heteroatoms. The lowest BCUT2D eigenvalue weighted by atomic mass is 10.0. The van der Waals surface area contributed by atoms with Crippen LogP contribution in [0, 0.1) is 10.1 Å².